The number of ether oxygens (including phenoxy) is 3. The van der Waals surface area contributed by atoms with Crippen LogP contribution in [0.5, 0.6) is 0 Å². The summed E-state index contributed by atoms with van der Waals surface area (Å²) >= 11 is 0. The molecule has 1 amide bonds. The first-order valence-corrected chi connectivity index (χ1v) is 12.0. The number of carboxylic acid groups (broad SMARTS) is 1. The van der Waals surface area contributed by atoms with Crippen LogP contribution < -0.4 is 5.32 Å². The Bertz CT molecular complexity index is 1020. The number of benzene rings is 1. The lowest BCUT2D eigenvalue weighted by Crippen LogP contribution is -2.50. The summed E-state index contributed by atoms with van der Waals surface area (Å²) in [7, 11) is 2.49. The van der Waals surface area contributed by atoms with Crippen molar-refractivity contribution in [2.24, 2.45) is 0 Å². The minimum atomic E-state index is -5.31. The lowest BCUT2D eigenvalue weighted by atomic mass is 10.0. The van der Waals surface area contributed by atoms with Crippen molar-refractivity contribution in [2.75, 3.05) is 26.1 Å². The number of hydrogen-bond donors (Lipinski definition) is 2. The van der Waals surface area contributed by atoms with Crippen LogP contribution in [-0.2, 0) is 40.9 Å². The lowest BCUT2D eigenvalue weighted by molar-refractivity contribution is -0.162. The van der Waals surface area contributed by atoms with Gasteiger partial charge in [0.15, 0.2) is 6.29 Å². The van der Waals surface area contributed by atoms with E-state index in [1.807, 2.05) is 0 Å². The number of alkyl halides is 6. The Morgan fingerprint density at radius 2 is 1.52 bits per heavy atom. The lowest BCUT2D eigenvalue weighted by Gasteiger charge is -2.33. The number of nitrogens with one attached hydrogen (secondary N) is 1. The molecule has 2 atom stereocenters. The van der Waals surface area contributed by atoms with Gasteiger partial charge in [0.25, 0.3) is 0 Å². The molecule has 9 nitrogen and oxygen atoms in total. The highest BCUT2D eigenvalue weighted by molar-refractivity contribution is 5.84. The van der Waals surface area contributed by atoms with Crippen LogP contribution in [0.1, 0.15) is 58.1 Å². The van der Waals surface area contributed by atoms with Gasteiger partial charge in [-0.15, -0.1) is 0 Å². The van der Waals surface area contributed by atoms with Crippen molar-refractivity contribution < 1.29 is 60.0 Å². The molecular weight excluding hydrogens is 554 g/mol. The van der Waals surface area contributed by atoms with E-state index in [9.17, 15) is 45.8 Å². The van der Waals surface area contributed by atoms with E-state index in [0.29, 0.717) is 0 Å². The molecule has 0 aromatic heterocycles. The van der Waals surface area contributed by atoms with Gasteiger partial charge < -0.3 is 29.5 Å². The highest BCUT2D eigenvalue weighted by Crippen LogP contribution is 2.41. The Kier molecular flexibility index (Phi) is 12.2. The number of methoxy groups -OCH3 is 2. The van der Waals surface area contributed by atoms with E-state index < -0.39 is 78.3 Å². The molecule has 0 saturated heterocycles. The first-order chi connectivity index (χ1) is 18.2. The van der Waals surface area contributed by atoms with Gasteiger partial charge in [-0.3, -0.25) is 9.59 Å². The molecule has 0 aliphatic heterocycles. The van der Waals surface area contributed by atoms with E-state index in [0.717, 1.165) is 11.0 Å². The minimum absolute atomic E-state index is 0.281. The Hall–Kier alpha value is -3.07. The summed E-state index contributed by atoms with van der Waals surface area (Å²) in [4.78, 5) is 38.3. The van der Waals surface area contributed by atoms with Crippen LogP contribution in [0.2, 0.25) is 0 Å². The third-order valence-electron chi connectivity index (χ3n) is 5.40. The molecule has 0 aliphatic carbocycles. The summed E-state index contributed by atoms with van der Waals surface area (Å²) in [6, 6.07) is -1.15. The van der Waals surface area contributed by atoms with Gasteiger partial charge in [-0.25, -0.2) is 4.79 Å². The van der Waals surface area contributed by atoms with Crippen LogP contribution in [0, 0.1) is 0 Å². The number of anilines is 1. The fourth-order valence-electron chi connectivity index (χ4n) is 3.73. The van der Waals surface area contributed by atoms with E-state index in [1.165, 1.54) is 21.1 Å². The number of nitrogens with zero attached hydrogens (tertiary/aromatic N) is 1. The number of esters is 1. The van der Waals surface area contributed by atoms with Gasteiger partial charge in [-0.2, -0.15) is 26.3 Å². The number of rotatable bonds is 13. The van der Waals surface area contributed by atoms with Crippen LogP contribution in [0.25, 0.3) is 0 Å². The van der Waals surface area contributed by atoms with Crippen molar-refractivity contribution >= 4 is 23.5 Å². The molecular formula is C25H34F6N2O7. The van der Waals surface area contributed by atoms with Crippen molar-refractivity contribution in [2.45, 2.75) is 83.3 Å². The number of carboxylic acids is 1. The number of carbonyl (C=O) groups excluding carboxylic acids is 2. The number of carbonyl (C=O) groups is 3. The highest BCUT2D eigenvalue weighted by atomic mass is 19.4. The van der Waals surface area contributed by atoms with Gasteiger partial charge in [0.05, 0.1) is 17.5 Å². The number of amides is 1. The second-order valence-corrected chi connectivity index (χ2v) is 9.93. The highest BCUT2D eigenvalue weighted by Gasteiger charge is 2.43. The summed E-state index contributed by atoms with van der Waals surface area (Å²) in [5.41, 5.74) is -4.96. The normalized spacial score (nSPS) is 14.0. The zero-order chi connectivity index (χ0) is 31.1. The first kappa shape index (κ1) is 35.0. The molecule has 2 N–H and O–H groups in total. The topological polar surface area (TPSA) is 114 Å². The van der Waals surface area contributed by atoms with Gasteiger partial charge in [0, 0.05) is 38.9 Å². The first-order valence-electron chi connectivity index (χ1n) is 12.0. The third-order valence-corrected chi connectivity index (χ3v) is 5.40. The Morgan fingerprint density at radius 1 is 0.975 bits per heavy atom. The summed E-state index contributed by atoms with van der Waals surface area (Å²) in [5, 5.41) is 12.4. The fraction of sp³-hybridized carbons (Fsp3) is 0.640. The Labute approximate surface area is 227 Å². The fourth-order valence-corrected chi connectivity index (χ4v) is 3.73. The minimum Gasteiger partial charge on any atom is -0.480 e. The average molecular weight is 589 g/mol. The molecule has 1 aromatic rings. The van der Waals surface area contributed by atoms with Gasteiger partial charge in [-0.05, 0) is 52.3 Å². The van der Waals surface area contributed by atoms with E-state index >= 15 is 0 Å². The second-order valence-electron chi connectivity index (χ2n) is 9.93. The van der Waals surface area contributed by atoms with Crippen molar-refractivity contribution in [3.05, 3.63) is 29.3 Å². The number of hydrogen-bond acceptors (Lipinski definition) is 7. The monoisotopic (exact) mass is 588 g/mol. The van der Waals surface area contributed by atoms with Crippen LogP contribution >= 0.6 is 0 Å². The molecule has 1 rings (SSSR count). The third kappa shape index (κ3) is 11.2. The van der Waals surface area contributed by atoms with E-state index in [2.05, 4.69) is 5.32 Å². The molecule has 40 heavy (non-hydrogen) atoms. The molecule has 0 saturated carbocycles. The molecule has 15 heteroatoms. The molecule has 0 spiro atoms. The van der Waals surface area contributed by atoms with Crippen LogP contribution in [-0.4, -0.2) is 72.6 Å². The maximum absolute atomic E-state index is 13.3. The zero-order valence-corrected chi connectivity index (χ0v) is 22.9. The van der Waals surface area contributed by atoms with Gasteiger partial charge >= 0.3 is 24.3 Å². The molecule has 0 aliphatic rings. The smallest absolute Gasteiger partial charge is 0.417 e. The maximum Gasteiger partial charge on any atom is 0.417 e. The van der Waals surface area contributed by atoms with Gasteiger partial charge in [0.1, 0.15) is 11.6 Å². The van der Waals surface area contributed by atoms with E-state index in [1.54, 1.807) is 20.8 Å². The largest absolute Gasteiger partial charge is 0.480 e. The van der Waals surface area contributed by atoms with E-state index in [4.69, 9.17) is 14.2 Å². The molecule has 228 valence electrons. The summed E-state index contributed by atoms with van der Waals surface area (Å²) < 4.78 is 94.5. The number of aliphatic carboxylic acids is 1. The average Bonchev–Trinajstić information content (AvgIpc) is 2.79. The van der Waals surface area contributed by atoms with Gasteiger partial charge in [0.2, 0.25) is 5.91 Å². The molecule has 0 bridgehead atoms. The molecule has 1 aromatic carbocycles. The molecule has 0 unspecified atom stereocenters. The van der Waals surface area contributed by atoms with Crippen molar-refractivity contribution in [3.63, 3.8) is 0 Å². The van der Waals surface area contributed by atoms with Crippen molar-refractivity contribution in [1.29, 1.82) is 0 Å². The second kappa shape index (κ2) is 14.0. The zero-order valence-electron chi connectivity index (χ0n) is 22.9. The van der Waals surface area contributed by atoms with Crippen molar-refractivity contribution in [1.82, 2.24) is 4.90 Å². The Morgan fingerprint density at radius 3 is 1.98 bits per heavy atom. The van der Waals surface area contributed by atoms with Crippen LogP contribution in [0.3, 0.4) is 0 Å². The van der Waals surface area contributed by atoms with Crippen molar-refractivity contribution in [3.8, 4) is 0 Å². The SMILES string of the molecule is COC(CC(=O)N(C[C@H](C)Nc1ccc(C(F)(F)F)c(C(F)(F)F)c1)[C@@H](CCC(=O)OC(C)(C)C)C(=O)O)OC. The summed E-state index contributed by atoms with van der Waals surface area (Å²) in [6.07, 6.45) is -12.8. The van der Waals surface area contributed by atoms with Gasteiger partial charge in [-0.1, -0.05) is 0 Å². The summed E-state index contributed by atoms with van der Waals surface area (Å²) in [5.74, 6) is -2.96. The molecule has 0 heterocycles. The summed E-state index contributed by atoms with van der Waals surface area (Å²) in [6.45, 7) is 5.83. The van der Waals surface area contributed by atoms with Crippen LogP contribution in [0.15, 0.2) is 18.2 Å². The standard InChI is InChI=1S/C25H34F6N2O7/c1-14(32-15-7-8-16(24(26,27)28)17(11-15)25(29,30)31)13-33(19(34)12-21(38-5)39-6)18(22(36)37)9-10-20(35)40-23(2,3)4/h7-8,11,14,18,21,32H,9-10,12-13H2,1-6H3,(H,36,37)/t14-,18-/m0/s1. The Balaban J connectivity index is 3.27. The molecule has 0 fully saturated rings. The predicted octanol–water partition coefficient (Wildman–Crippen LogP) is 4.94. The predicted molar refractivity (Wildman–Crippen MR) is 130 cm³/mol. The molecule has 0 radical (unpaired) electrons. The van der Waals surface area contributed by atoms with Crippen LogP contribution in [0.4, 0.5) is 32.0 Å². The quantitative estimate of drug-likeness (QED) is 0.189. The number of halogens is 6. The maximum atomic E-state index is 13.3. The van der Waals surface area contributed by atoms with E-state index in [-0.39, 0.29) is 30.7 Å².